The number of aromatic nitrogens is 2. The molecule has 0 fully saturated rings. The van der Waals surface area contributed by atoms with E-state index in [9.17, 15) is 0 Å². The van der Waals surface area contributed by atoms with Gasteiger partial charge in [0.15, 0.2) is 5.82 Å². The van der Waals surface area contributed by atoms with E-state index in [0.29, 0.717) is 24.0 Å². The largest absolute Gasteiger partial charge is 0.339 e. The van der Waals surface area contributed by atoms with E-state index in [4.69, 9.17) is 10.3 Å². The Hall–Kier alpha value is -0.850. The van der Waals surface area contributed by atoms with Crippen LogP contribution in [0, 0.1) is 0 Å². The Morgan fingerprint density at radius 2 is 2.05 bits per heavy atom. The van der Waals surface area contributed by atoms with E-state index in [0.717, 1.165) is 10.9 Å². The molecule has 20 heavy (non-hydrogen) atoms. The van der Waals surface area contributed by atoms with Gasteiger partial charge in [-0.1, -0.05) is 28.0 Å². The van der Waals surface area contributed by atoms with Gasteiger partial charge in [-0.05, 0) is 37.6 Å². The zero-order chi connectivity index (χ0) is 14.6. The number of thioether (sulfide) groups is 1. The van der Waals surface area contributed by atoms with E-state index < -0.39 is 0 Å². The Balaban J connectivity index is 2.01. The summed E-state index contributed by atoms with van der Waals surface area (Å²) in [6.07, 6.45) is 0.880. The number of rotatable bonds is 6. The van der Waals surface area contributed by atoms with Crippen LogP contribution in [0.1, 0.15) is 32.0 Å². The SMILES string of the molecule is CCC(C)(CN)c1nc(CSc2ccc(Br)cc2)no1. The van der Waals surface area contributed by atoms with Crippen molar-refractivity contribution in [2.75, 3.05) is 6.54 Å². The van der Waals surface area contributed by atoms with E-state index >= 15 is 0 Å². The summed E-state index contributed by atoms with van der Waals surface area (Å²) in [5.74, 6) is 2.03. The average Bonchev–Trinajstić information content (AvgIpc) is 2.95. The third-order valence-corrected chi connectivity index (χ3v) is 4.93. The minimum absolute atomic E-state index is 0.229. The molecule has 2 aromatic rings. The highest BCUT2D eigenvalue weighted by Gasteiger charge is 2.29. The van der Waals surface area contributed by atoms with E-state index in [1.165, 1.54) is 4.90 Å². The van der Waals surface area contributed by atoms with Crippen LogP contribution >= 0.6 is 27.7 Å². The highest BCUT2D eigenvalue weighted by atomic mass is 79.9. The van der Waals surface area contributed by atoms with Crippen molar-refractivity contribution in [1.29, 1.82) is 0 Å². The molecule has 0 aliphatic rings. The number of nitrogens with zero attached hydrogens (tertiary/aromatic N) is 2. The Morgan fingerprint density at radius 3 is 2.65 bits per heavy atom. The first-order chi connectivity index (χ1) is 9.57. The molecule has 1 aromatic carbocycles. The lowest BCUT2D eigenvalue weighted by atomic mass is 9.88. The van der Waals surface area contributed by atoms with Crippen molar-refractivity contribution < 1.29 is 4.52 Å². The molecular formula is C14H18BrN3OS. The predicted octanol–water partition coefficient (Wildman–Crippen LogP) is 3.75. The first-order valence-electron chi connectivity index (χ1n) is 6.49. The maximum atomic E-state index is 5.80. The molecule has 0 aliphatic heterocycles. The van der Waals surface area contributed by atoms with E-state index in [2.05, 4.69) is 45.1 Å². The van der Waals surface area contributed by atoms with E-state index in [1.54, 1.807) is 11.8 Å². The van der Waals surface area contributed by atoms with Gasteiger partial charge in [-0.2, -0.15) is 4.98 Å². The number of benzene rings is 1. The van der Waals surface area contributed by atoms with Crippen molar-refractivity contribution in [3.8, 4) is 0 Å². The molecular weight excluding hydrogens is 338 g/mol. The molecule has 0 saturated heterocycles. The molecule has 2 rings (SSSR count). The van der Waals surface area contributed by atoms with E-state index in [1.807, 2.05) is 19.1 Å². The van der Waals surface area contributed by atoms with Gasteiger partial charge in [-0.3, -0.25) is 0 Å². The van der Waals surface area contributed by atoms with Crippen LogP contribution in [0.25, 0.3) is 0 Å². The molecule has 0 amide bonds. The summed E-state index contributed by atoms with van der Waals surface area (Å²) in [4.78, 5) is 5.65. The van der Waals surface area contributed by atoms with Crippen molar-refractivity contribution in [2.45, 2.75) is 36.3 Å². The topological polar surface area (TPSA) is 64.9 Å². The summed E-state index contributed by atoms with van der Waals surface area (Å²) in [6.45, 7) is 4.63. The molecule has 1 aromatic heterocycles. The zero-order valence-electron chi connectivity index (χ0n) is 11.6. The van der Waals surface area contributed by atoms with Crippen LogP contribution in [0.5, 0.6) is 0 Å². The van der Waals surface area contributed by atoms with Crippen molar-refractivity contribution >= 4 is 27.7 Å². The quantitative estimate of drug-likeness (QED) is 0.799. The van der Waals surface area contributed by atoms with Crippen LogP contribution in [-0.2, 0) is 11.2 Å². The summed E-state index contributed by atoms with van der Waals surface area (Å²) in [5.41, 5.74) is 5.57. The lowest BCUT2D eigenvalue weighted by molar-refractivity contribution is 0.289. The van der Waals surface area contributed by atoms with Crippen LogP contribution < -0.4 is 5.73 Å². The fraction of sp³-hybridized carbons (Fsp3) is 0.429. The maximum Gasteiger partial charge on any atom is 0.233 e. The van der Waals surface area contributed by atoms with Crippen molar-refractivity contribution in [1.82, 2.24) is 10.1 Å². The normalized spacial score (nSPS) is 14.2. The monoisotopic (exact) mass is 355 g/mol. The molecule has 108 valence electrons. The second-order valence-corrected chi connectivity index (χ2v) is 6.84. The van der Waals surface area contributed by atoms with Gasteiger partial charge in [0.1, 0.15) is 0 Å². The van der Waals surface area contributed by atoms with Gasteiger partial charge >= 0.3 is 0 Å². The lowest BCUT2D eigenvalue weighted by Crippen LogP contribution is -2.31. The minimum atomic E-state index is -0.229. The summed E-state index contributed by atoms with van der Waals surface area (Å²) >= 11 is 5.11. The van der Waals surface area contributed by atoms with Crippen molar-refractivity contribution in [2.24, 2.45) is 5.73 Å². The van der Waals surface area contributed by atoms with Gasteiger partial charge in [0.2, 0.25) is 5.89 Å². The first kappa shape index (κ1) is 15.5. The third-order valence-electron chi connectivity index (χ3n) is 3.40. The summed E-state index contributed by atoms with van der Waals surface area (Å²) < 4.78 is 6.43. The number of halogens is 1. The molecule has 0 spiro atoms. The minimum Gasteiger partial charge on any atom is -0.339 e. The second kappa shape index (κ2) is 6.74. The highest BCUT2D eigenvalue weighted by Crippen LogP contribution is 2.27. The molecule has 0 radical (unpaired) electrons. The van der Waals surface area contributed by atoms with Crippen molar-refractivity contribution in [3.05, 3.63) is 40.5 Å². The highest BCUT2D eigenvalue weighted by molar-refractivity contribution is 9.10. The number of hydrogen-bond acceptors (Lipinski definition) is 5. The smallest absolute Gasteiger partial charge is 0.233 e. The zero-order valence-corrected chi connectivity index (χ0v) is 14.0. The molecule has 2 N–H and O–H groups in total. The summed E-state index contributed by atoms with van der Waals surface area (Å²) in [7, 11) is 0. The van der Waals surface area contributed by atoms with Crippen LogP contribution in [0.4, 0.5) is 0 Å². The average molecular weight is 356 g/mol. The summed E-state index contributed by atoms with van der Waals surface area (Å²) in [6, 6.07) is 8.16. The molecule has 0 bridgehead atoms. The van der Waals surface area contributed by atoms with Gasteiger partial charge in [0.25, 0.3) is 0 Å². The molecule has 0 saturated carbocycles. The van der Waals surface area contributed by atoms with Crippen molar-refractivity contribution in [3.63, 3.8) is 0 Å². The third kappa shape index (κ3) is 3.62. The first-order valence-corrected chi connectivity index (χ1v) is 8.27. The van der Waals surface area contributed by atoms with Crippen LogP contribution in [0.3, 0.4) is 0 Å². The maximum absolute atomic E-state index is 5.80. The molecule has 1 atom stereocenters. The molecule has 6 heteroatoms. The Morgan fingerprint density at radius 1 is 1.35 bits per heavy atom. The Kier molecular flexibility index (Phi) is 5.23. The summed E-state index contributed by atoms with van der Waals surface area (Å²) in [5, 5.41) is 4.04. The molecule has 0 aliphatic carbocycles. The standard InChI is InChI=1S/C14H18BrN3OS/c1-3-14(2,9-16)13-17-12(18-19-13)8-20-11-6-4-10(15)5-7-11/h4-7H,3,8-9,16H2,1-2H3. The molecule has 1 heterocycles. The number of nitrogens with two attached hydrogens (primary N) is 1. The van der Waals surface area contributed by atoms with Gasteiger partial charge in [0, 0.05) is 15.9 Å². The predicted molar refractivity (Wildman–Crippen MR) is 84.7 cm³/mol. The Labute approximate surface area is 131 Å². The van der Waals surface area contributed by atoms with Gasteiger partial charge < -0.3 is 10.3 Å². The number of hydrogen-bond donors (Lipinski definition) is 1. The van der Waals surface area contributed by atoms with Gasteiger partial charge in [-0.25, -0.2) is 0 Å². The lowest BCUT2D eigenvalue weighted by Gasteiger charge is -2.20. The van der Waals surface area contributed by atoms with Gasteiger partial charge in [0.05, 0.1) is 11.2 Å². The Bertz CT molecular complexity index is 552. The second-order valence-electron chi connectivity index (χ2n) is 4.88. The van der Waals surface area contributed by atoms with Gasteiger partial charge in [-0.15, -0.1) is 11.8 Å². The van der Waals surface area contributed by atoms with Crippen LogP contribution in [0.15, 0.2) is 38.2 Å². The fourth-order valence-corrected chi connectivity index (χ4v) is 2.63. The molecule has 4 nitrogen and oxygen atoms in total. The molecule has 1 unspecified atom stereocenters. The fourth-order valence-electron chi connectivity index (χ4n) is 1.62. The van der Waals surface area contributed by atoms with Crippen LogP contribution in [0.2, 0.25) is 0 Å². The van der Waals surface area contributed by atoms with E-state index in [-0.39, 0.29) is 5.41 Å². The van der Waals surface area contributed by atoms with Crippen LogP contribution in [-0.4, -0.2) is 16.7 Å².